The number of hydrogen-bond acceptors (Lipinski definition) is 5. The average Bonchev–Trinajstić information content (AvgIpc) is 3.03. The van der Waals surface area contributed by atoms with E-state index in [2.05, 4.69) is 15.5 Å². The van der Waals surface area contributed by atoms with Gasteiger partial charge < -0.3 is 9.73 Å². The third kappa shape index (κ3) is 3.76. The second kappa shape index (κ2) is 6.62. The zero-order valence-electron chi connectivity index (χ0n) is 12.4. The minimum Gasteiger partial charge on any atom is -0.419 e. The van der Waals surface area contributed by atoms with Crippen LogP contribution in [0.2, 0.25) is 5.02 Å². The highest BCUT2D eigenvalue weighted by atomic mass is 35.5. The van der Waals surface area contributed by atoms with Crippen LogP contribution in [0.15, 0.2) is 52.9 Å². The zero-order valence-corrected chi connectivity index (χ0v) is 13.2. The molecule has 0 aliphatic carbocycles. The van der Waals surface area contributed by atoms with E-state index in [-0.39, 0.29) is 5.78 Å². The summed E-state index contributed by atoms with van der Waals surface area (Å²) < 4.78 is 5.61. The number of anilines is 1. The molecular formula is C17H14ClN3O2. The number of nitrogens with one attached hydrogen (secondary N) is 1. The Hall–Kier alpha value is -2.66. The predicted molar refractivity (Wildman–Crippen MR) is 88.5 cm³/mol. The van der Waals surface area contributed by atoms with Gasteiger partial charge in [-0.15, -0.1) is 10.2 Å². The Balaban J connectivity index is 1.65. The maximum absolute atomic E-state index is 11.2. The van der Waals surface area contributed by atoms with E-state index in [4.69, 9.17) is 16.0 Å². The van der Waals surface area contributed by atoms with E-state index in [9.17, 15) is 4.79 Å². The van der Waals surface area contributed by atoms with Gasteiger partial charge in [0.1, 0.15) is 0 Å². The highest BCUT2D eigenvalue weighted by molar-refractivity contribution is 6.30. The molecule has 1 aromatic heterocycles. The van der Waals surface area contributed by atoms with Crippen molar-refractivity contribution in [1.29, 1.82) is 0 Å². The molecule has 5 nitrogen and oxygen atoms in total. The Morgan fingerprint density at radius 1 is 1.09 bits per heavy atom. The first-order valence-corrected chi connectivity index (χ1v) is 7.43. The lowest BCUT2D eigenvalue weighted by Crippen LogP contribution is -2.00. The van der Waals surface area contributed by atoms with E-state index in [1.165, 1.54) is 0 Å². The van der Waals surface area contributed by atoms with Gasteiger partial charge in [0.25, 0.3) is 0 Å². The highest BCUT2D eigenvalue weighted by Gasteiger charge is 2.08. The number of carbonyl (C=O) groups is 1. The number of aromatic nitrogens is 2. The van der Waals surface area contributed by atoms with E-state index < -0.39 is 0 Å². The third-order valence-electron chi connectivity index (χ3n) is 3.29. The van der Waals surface area contributed by atoms with Gasteiger partial charge in [-0.05, 0) is 55.5 Å². The van der Waals surface area contributed by atoms with E-state index in [0.717, 1.165) is 11.3 Å². The monoisotopic (exact) mass is 327 g/mol. The molecule has 1 N–H and O–H groups in total. The third-order valence-corrected chi connectivity index (χ3v) is 3.55. The molecule has 0 radical (unpaired) electrons. The van der Waals surface area contributed by atoms with Crippen molar-refractivity contribution in [3.63, 3.8) is 0 Å². The summed E-state index contributed by atoms with van der Waals surface area (Å²) in [6.45, 7) is 1.94. The van der Waals surface area contributed by atoms with Gasteiger partial charge in [-0.2, -0.15) is 0 Å². The van der Waals surface area contributed by atoms with Crippen molar-refractivity contribution in [3.05, 3.63) is 65.0 Å². The summed E-state index contributed by atoms with van der Waals surface area (Å²) in [5, 5.41) is 11.9. The van der Waals surface area contributed by atoms with Crippen molar-refractivity contribution in [2.75, 3.05) is 5.32 Å². The summed E-state index contributed by atoms with van der Waals surface area (Å²) in [6.07, 6.45) is 0. The molecule has 0 spiro atoms. The first-order valence-electron chi connectivity index (χ1n) is 7.05. The van der Waals surface area contributed by atoms with Crippen LogP contribution in [0.5, 0.6) is 0 Å². The molecule has 6 heteroatoms. The van der Waals surface area contributed by atoms with E-state index in [1.54, 1.807) is 31.2 Å². The molecule has 0 fully saturated rings. The lowest BCUT2D eigenvalue weighted by Gasteiger charge is -2.03. The second-order valence-corrected chi connectivity index (χ2v) is 5.43. The van der Waals surface area contributed by atoms with Crippen LogP contribution in [0.25, 0.3) is 11.5 Å². The number of carbonyl (C=O) groups excluding carboxylic acids is 1. The maximum atomic E-state index is 11.2. The standard InChI is InChI=1S/C17H14ClN3O2/c1-11(22)12-4-8-15(9-5-12)19-10-16-20-21-17(23-16)13-2-6-14(18)7-3-13/h2-9,19H,10H2,1H3. The molecule has 116 valence electrons. The fourth-order valence-electron chi connectivity index (χ4n) is 2.03. The van der Waals surface area contributed by atoms with Gasteiger partial charge in [0.2, 0.25) is 11.8 Å². The molecule has 3 rings (SSSR count). The Morgan fingerprint density at radius 2 is 1.78 bits per heavy atom. The van der Waals surface area contributed by atoms with E-state index >= 15 is 0 Å². The van der Waals surface area contributed by atoms with E-state index in [1.807, 2.05) is 24.3 Å². The quantitative estimate of drug-likeness (QED) is 0.711. The lowest BCUT2D eigenvalue weighted by molar-refractivity contribution is 0.101. The van der Waals surface area contributed by atoms with Crippen molar-refractivity contribution in [1.82, 2.24) is 10.2 Å². The minimum atomic E-state index is 0.0426. The van der Waals surface area contributed by atoms with Gasteiger partial charge >= 0.3 is 0 Å². The molecule has 0 bridgehead atoms. The summed E-state index contributed by atoms with van der Waals surface area (Å²) >= 11 is 5.85. The van der Waals surface area contributed by atoms with Crippen molar-refractivity contribution in [2.45, 2.75) is 13.5 Å². The molecule has 0 unspecified atom stereocenters. The van der Waals surface area contributed by atoms with Crippen molar-refractivity contribution in [2.24, 2.45) is 0 Å². The molecule has 0 aliphatic rings. The number of nitrogens with zero attached hydrogens (tertiary/aromatic N) is 2. The molecule has 23 heavy (non-hydrogen) atoms. The molecule has 1 heterocycles. The van der Waals surface area contributed by atoms with Crippen LogP contribution >= 0.6 is 11.6 Å². The summed E-state index contributed by atoms with van der Waals surface area (Å²) in [5.41, 5.74) is 2.37. The van der Waals surface area contributed by atoms with Crippen molar-refractivity contribution in [3.8, 4) is 11.5 Å². The first-order chi connectivity index (χ1) is 11.1. The summed E-state index contributed by atoms with van der Waals surface area (Å²) in [5.74, 6) is 0.969. The fraction of sp³-hybridized carbons (Fsp3) is 0.118. The van der Waals surface area contributed by atoms with Crippen LogP contribution in [0, 0.1) is 0 Å². The topological polar surface area (TPSA) is 68.0 Å². The van der Waals surface area contributed by atoms with Gasteiger partial charge in [-0.1, -0.05) is 11.6 Å². The smallest absolute Gasteiger partial charge is 0.247 e. The maximum Gasteiger partial charge on any atom is 0.247 e. The van der Waals surface area contributed by atoms with Crippen molar-refractivity contribution >= 4 is 23.1 Å². The minimum absolute atomic E-state index is 0.0426. The Morgan fingerprint density at radius 3 is 2.43 bits per heavy atom. The van der Waals surface area contributed by atoms with Crippen LogP contribution in [0.3, 0.4) is 0 Å². The largest absolute Gasteiger partial charge is 0.419 e. The molecule has 3 aromatic rings. The van der Waals surface area contributed by atoms with E-state index in [0.29, 0.717) is 28.9 Å². The van der Waals surface area contributed by atoms with Gasteiger partial charge in [-0.3, -0.25) is 4.79 Å². The molecule has 0 aliphatic heterocycles. The predicted octanol–water partition coefficient (Wildman–Crippen LogP) is 4.20. The average molecular weight is 328 g/mol. The normalized spacial score (nSPS) is 10.5. The molecule has 0 amide bonds. The number of benzene rings is 2. The zero-order chi connectivity index (χ0) is 16.2. The van der Waals surface area contributed by atoms with Crippen LogP contribution in [-0.4, -0.2) is 16.0 Å². The first kappa shape index (κ1) is 15.2. The highest BCUT2D eigenvalue weighted by Crippen LogP contribution is 2.20. The summed E-state index contributed by atoms with van der Waals surface area (Å²) in [4.78, 5) is 11.2. The van der Waals surface area contributed by atoms with Crippen LogP contribution in [0.4, 0.5) is 5.69 Å². The second-order valence-electron chi connectivity index (χ2n) is 4.99. The van der Waals surface area contributed by atoms with Crippen molar-refractivity contribution < 1.29 is 9.21 Å². The summed E-state index contributed by atoms with van der Waals surface area (Å²) in [7, 11) is 0. The molecular weight excluding hydrogens is 314 g/mol. The summed E-state index contributed by atoms with van der Waals surface area (Å²) in [6, 6.07) is 14.4. The van der Waals surface area contributed by atoms with Gasteiger partial charge in [0.15, 0.2) is 5.78 Å². The number of hydrogen-bond donors (Lipinski definition) is 1. The fourth-order valence-corrected chi connectivity index (χ4v) is 2.16. The SMILES string of the molecule is CC(=O)c1ccc(NCc2nnc(-c3ccc(Cl)cc3)o2)cc1. The molecule has 0 saturated heterocycles. The van der Waals surface area contributed by atoms with Gasteiger partial charge in [0.05, 0.1) is 6.54 Å². The number of halogens is 1. The number of rotatable bonds is 5. The number of Topliss-reactive ketones (excluding diaryl/α,β-unsaturated/α-hetero) is 1. The molecule has 0 atom stereocenters. The van der Waals surface area contributed by atoms with Crippen LogP contribution in [0.1, 0.15) is 23.2 Å². The number of ketones is 1. The Kier molecular flexibility index (Phi) is 4.39. The Labute approximate surface area is 138 Å². The van der Waals surface area contributed by atoms with Crippen LogP contribution in [-0.2, 0) is 6.54 Å². The van der Waals surface area contributed by atoms with Gasteiger partial charge in [0, 0.05) is 21.8 Å². The Bertz CT molecular complexity index is 811. The molecule has 2 aromatic carbocycles. The van der Waals surface area contributed by atoms with Crippen LogP contribution < -0.4 is 5.32 Å². The molecule has 0 saturated carbocycles. The van der Waals surface area contributed by atoms with Gasteiger partial charge in [-0.25, -0.2) is 0 Å². The lowest BCUT2D eigenvalue weighted by atomic mass is 10.1.